The Bertz CT molecular complexity index is 1340. The Morgan fingerprint density at radius 1 is 1.06 bits per heavy atom. The highest BCUT2D eigenvalue weighted by Gasteiger charge is 2.18. The minimum Gasteiger partial charge on any atom is -0.342 e. The van der Waals surface area contributed by atoms with Crippen LogP contribution in [0.3, 0.4) is 0 Å². The molecule has 8 heteroatoms. The van der Waals surface area contributed by atoms with Gasteiger partial charge in [-0.25, -0.2) is 4.98 Å². The van der Waals surface area contributed by atoms with E-state index in [-0.39, 0.29) is 11.9 Å². The number of benzene rings is 2. The first-order chi connectivity index (χ1) is 15.2. The van der Waals surface area contributed by atoms with Crippen molar-refractivity contribution in [2.45, 2.75) is 23.9 Å². The molecule has 0 saturated heterocycles. The van der Waals surface area contributed by atoms with Crippen LogP contribution in [-0.4, -0.2) is 30.5 Å². The molecule has 0 aliphatic carbocycles. The van der Waals surface area contributed by atoms with Crippen LogP contribution in [-0.2, 0) is 5.75 Å². The number of hydrogen-bond acceptors (Lipinski definition) is 5. The first-order valence-corrected chi connectivity index (χ1v) is 10.9. The van der Waals surface area contributed by atoms with Crippen molar-refractivity contribution in [2.24, 2.45) is 0 Å². The number of rotatable bonds is 6. The van der Waals surface area contributed by atoms with Crippen LogP contribution in [0, 0.1) is 0 Å². The predicted octanol–water partition coefficient (Wildman–Crippen LogP) is 4.39. The molecule has 3 heterocycles. The number of thioether (sulfide) groups is 1. The predicted molar refractivity (Wildman–Crippen MR) is 121 cm³/mol. The molecule has 0 bridgehead atoms. The number of H-pyrrole nitrogens is 1. The number of aromatic nitrogens is 5. The lowest BCUT2D eigenvalue weighted by atomic mass is 10.1. The summed E-state index contributed by atoms with van der Waals surface area (Å²) in [5, 5.41) is 12.3. The molecule has 1 amide bonds. The molecule has 0 saturated carbocycles. The van der Waals surface area contributed by atoms with E-state index in [4.69, 9.17) is 0 Å². The molecule has 0 aliphatic heterocycles. The summed E-state index contributed by atoms with van der Waals surface area (Å²) in [5.41, 5.74) is 4.28. The molecule has 0 unspecified atom stereocenters. The maximum Gasteiger partial charge on any atom is 0.252 e. The van der Waals surface area contributed by atoms with Crippen LogP contribution >= 0.6 is 11.8 Å². The Kier molecular flexibility index (Phi) is 5.13. The van der Waals surface area contributed by atoms with Gasteiger partial charge in [0.25, 0.3) is 5.91 Å². The maximum absolute atomic E-state index is 13.1. The molecule has 31 heavy (non-hydrogen) atoms. The molecule has 1 atom stereocenters. The van der Waals surface area contributed by atoms with Gasteiger partial charge in [0.15, 0.2) is 16.6 Å². The van der Waals surface area contributed by atoms with Crippen LogP contribution in [0.5, 0.6) is 0 Å². The normalized spacial score (nSPS) is 12.3. The molecular weight excluding hydrogens is 408 g/mol. The number of hydrogen-bond donors (Lipinski definition) is 2. The molecule has 0 spiro atoms. The fourth-order valence-corrected chi connectivity index (χ4v) is 4.39. The largest absolute Gasteiger partial charge is 0.342 e. The van der Waals surface area contributed by atoms with E-state index in [1.54, 1.807) is 11.8 Å². The molecular formula is C23H20N6OS. The first-order valence-electron chi connectivity index (χ1n) is 9.95. The van der Waals surface area contributed by atoms with Gasteiger partial charge in [-0.05, 0) is 42.8 Å². The van der Waals surface area contributed by atoms with E-state index in [1.165, 1.54) is 0 Å². The lowest BCUT2D eigenvalue weighted by Gasteiger charge is -2.14. The average Bonchev–Trinajstić information content (AvgIpc) is 3.41. The Labute approximate surface area is 182 Å². The summed E-state index contributed by atoms with van der Waals surface area (Å²) in [5.74, 6) is 1.19. The van der Waals surface area contributed by atoms with Crippen molar-refractivity contribution >= 4 is 34.3 Å². The number of amides is 1. The van der Waals surface area contributed by atoms with Gasteiger partial charge in [0.1, 0.15) is 0 Å². The van der Waals surface area contributed by atoms with Gasteiger partial charge in [0.2, 0.25) is 0 Å². The van der Waals surface area contributed by atoms with Crippen LogP contribution in [0.2, 0.25) is 0 Å². The number of imidazole rings is 1. The van der Waals surface area contributed by atoms with E-state index in [1.807, 2.05) is 84.3 Å². The quantitative estimate of drug-likeness (QED) is 0.392. The molecule has 0 fully saturated rings. The van der Waals surface area contributed by atoms with Crippen LogP contribution < -0.4 is 5.32 Å². The van der Waals surface area contributed by atoms with Gasteiger partial charge in [-0.15, -0.1) is 10.2 Å². The topological polar surface area (TPSA) is 88.0 Å². The van der Waals surface area contributed by atoms with Gasteiger partial charge in [-0.2, -0.15) is 0 Å². The SMILES string of the molecule is C[C@@H](NC(=O)c1ccccc1CSc1nc2ccccc2[nH]1)c1nnc2ccccn12. The van der Waals surface area contributed by atoms with Crippen molar-refractivity contribution in [2.75, 3.05) is 0 Å². The van der Waals surface area contributed by atoms with Crippen LogP contribution in [0.4, 0.5) is 0 Å². The molecule has 0 radical (unpaired) electrons. The lowest BCUT2D eigenvalue weighted by Crippen LogP contribution is -2.28. The zero-order valence-corrected chi connectivity index (χ0v) is 17.6. The third kappa shape index (κ3) is 3.89. The molecule has 7 nitrogen and oxygen atoms in total. The number of para-hydroxylation sites is 2. The van der Waals surface area contributed by atoms with Crippen LogP contribution in [0.1, 0.15) is 34.7 Å². The highest BCUT2D eigenvalue weighted by molar-refractivity contribution is 7.98. The third-order valence-corrected chi connectivity index (χ3v) is 5.99. The summed E-state index contributed by atoms with van der Waals surface area (Å²) >= 11 is 1.58. The van der Waals surface area contributed by atoms with Crippen molar-refractivity contribution in [3.63, 3.8) is 0 Å². The fraction of sp³-hybridized carbons (Fsp3) is 0.130. The number of carbonyl (C=O) groups excluding carboxylic acids is 1. The second-order valence-electron chi connectivity index (χ2n) is 7.19. The van der Waals surface area contributed by atoms with E-state index in [0.717, 1.165) is 27.4 Å². The number of nitrogens with one attached hydrogen (secondary N) is 2. The zero-order valence-electron chi connectivity index (χ0n) is 16.8. The average molecular weight is 429 g/mol. The Balaban J connectivity index is 1.32. The van der Waals surface area contributed by atoms with Gasteiger partial charge in [0.05, 0.1) is 17.1 Å². The van der Waals surface area contributed by atoms with Gasteiger partial charge in [-0.3, -0.25) is 9.20 Å². The standard InChI is InChI=1S/C23H20N6OS/c1-15(21-28-27-20-12-6-7-13-29(20)21)24-22(30)17-9-3-2-8-16(17)14-31-23-25-18-10-4-5-11-19(18)26-23/h2-13,15H,14H2,1H3,(H,24,30)(H,25,26)/t15-/m1/s1. The van der Waals surface area contributed by atoms with E-state index >= 15 is 0 Å². The molecule has 5 aromatic rings. The Morgan fingerprint density at radius 2 is 1.87 bits per heavy atom. The van der Waals surface area contributed by atoms with Crippen molar-refractivity contribution < 1.29 is 4.79 Å². The minimum absolute atomic E-state index is 0.138. The molecule has 3 aromatic heterocycles. The van der Waals surface area contributed by atoms with E-state index in [2.05, 4.69) is 25.5 Å². The Hall–Kier alpha value is -3.65. The number of carbonyl (C=O) groups is 1. The zero-order chi connectivity index (χ0) is 21.2. The number of pyridine rings is 1. The highest BCUT2D eigenvalue weighted by atomic mass is 32.2. The Morgan fingerprint density at radius 3 is 2.77 bits per heavy atom. The molecule has 2 N–H and O–H groups in total. The van der Waals surface area contributed by atoms with Crippen molar-refractivity contribution in [1.29, 1.82) is 0 Å². The second kappa shape index (κ2) is 8.23. The molecule has 2 aromatic carbocycles. The van der Waals surface area contributed by atoms with Crippen molar-refractivity contribution in [3.05, 3.63) is 89.9 Å². The summed E-state index contributed by atoms with van der Waals surface area (Å²) < 4.78 is 1.88. The number of nitrogens with zero attached hydrogens (tertiary/aromatic N) is 4. The van der Waals surface area contributed by atoms with Crippen molar-refractivity contribution in [1.82, 2.24) is 29.9 Å². The molecule has 0 aliphatic rings. The summed E-state index contributed by atoms with van der Waals surface area (Å²) in [7, 11) is 0. The van der Waals surface area contributed by atoms with Crippen molar-refractivity contribution in [3.8, 4) is 0 Å². The maximum atomic E-state index is 13.1. The van der Waals surface area contributed by atoms with Gasteiger partial charge in [0, 0.05) is 17.5 Å². The lowest BCUT2D eigenvalue weighted by molar-refractivity contribution is 0.0937. The monoisotopic (exact) mass is 428 g/mol. The van der Waals surface area contributed by atoms with Gasteiger partial charge < -0.3 is 10.3 Å². The highest BCUT2D eigenvalue weighted by Crippen LogP contribution is 2.25. The summed E-state index contributed by atoms with van der Waals surface area (Å²) in [6.07, 6.45) is 1.89. The van der Waals surface area contributed by atoms with E-state index in [0.29, 0.717) is 17.1 Å². The van der Waals surface area contributed by atoms with Gasteiger partial charge >= 0.3 is 0 Å². The third-order valence-electron chi connectivity index (χ3n) is 5.07. The second-order valence-corrected chi connectivity index (χ2v) is 8.15. The number of aromatic amines is 1. The summed E-state index contributed by atoms with van der Waals surface area (Å²) in [6, 6.07) is 21.0. The van der Waals surface area contributed by atoms with Gasteiger partial charge in [-0.1, -0.05) is 48.2 Å². The van der Waals surface area contributed by atoms with Crippen LogP contribution in [0.25, 0.3) is 16.7 Å². The van der Waals surface area contributed by atoms with Crippen LogP contribution in [0.15, 0.2) is 78.1 Å². The fourth-order valence-electron chi connectivity index (χ4n) is 3.51. The minimum atomic E-state index is -0.291. The smallest absolute Gasteiger partial charge is 0.252 e. The molecule has 5 rings (SSSR count). The number of fused-ring (bicyclic) bond motifs is 2. The molecule has 154 valence electrons. The van der Waals surface area contributed by atoms with E-state index in [9.17, 15) is 4.79 Å². The summed E-state index contributed by atoms with van der Waals surface area (Å²) in [4.78, 5) is 21.0. The first kappa shape index (κ1) is 19.3. The summed E-state index contributed by atoms with van der Waals surface area (Å²) in [6.45, 7) is 1.91. The van der Waals surface area contributed by atoms with E-state index < -0.39 is 0 Å².